The van der Waals surface area contributed by atoms with Gasteiger partial charge in [0.25, 0.3) is 0 Å². The van der Waals surface area contributed by atoms with Crippen molar-refractivity contribution in [3.8, 4) is 0 Å². The molecule has 2 rings (SSSR count). The summed E-state index contributed by atoms with van der Waals surface area (Å²) in [7, 11) is 0. The molecule has 0 heterocycles. The Hall–Kier alpha value is -0.750. The molecule has 0 aliphatic heterocycles. The predicted octanol–water partition coefficient (Wildman–Crippen LogP) is 5.23. The van der Waals surface area contributed by atoms with Crippen LogP contribution in [0.5, 0.6) is 0 Å². The lowest BCUT2D eigenvalue weighted by molar-refractivity contribution is -0.137. The lowest BCUT2D eigenvalue weighted by Gasteiger charge is -2.22. The number of hydrogen-bond donors (Lipinski definition) is 1. The summed E-state index contributed by atoms with van der Waals surface area (Å²) in [5.74, 6) is 0. The van der Waals surface area contributed by atoms with Crippen molar-refractivity contribution in [3.63, 3.8) is 0 Å². The van der Waals surface area contributed by atoms with Gasteiger partial charge >= 0.3 is 6.18 Å². The molecule has 1 saturated carbocycles. The van der Waals surface area contributed by atoms with Crippen LogP contribution in [0.2, 0.25) is 0 Å². The van der Waals surface area contributed by atoms with Gasteiger partial charge in [-0.25, -0.2) is 0 Å². The Morgan fingerprint density at radius 1 is 1.19 bits per heavy atom. The minimum Gasteiger partial charge on any atom is -0.382 e. The predicted molar refractivity (Wildman–Crippen MR) is 80.5 cm³/mol. The van der Waals surface area contributed by atoms with E-state index in [1.54, 1.807) is 6.07 Å². The van der Waals surface area contributed by atoms with Crippen LogP contribution >= 0.6 is 15.9 Å². The molecule has 118 valence electrons. The summed E-state index contributed by atoms with van der Waals surface area (Å²) in [6, 6.07) is 4.12. The number of halogens is 4. The van der Waals surface area contributed by atoms with E-state index in [9.17, 15) is 13.2 Å². The lowest BCUT2D eigenvalue weighted by atomic mass is 9.98. The van der Waals surface area contributed by atoms with Gasteiger partial charge in [0.05, 0.1) is 18.3 Å². The second-order valence-electron chi connectivity index (χ2n) is 5.25. The first-order valence-electron chi connectivity index (χ1n) is 7.19. The Morgan fingerprint density at radius 2 is 1.90 bits per heavy atom. The zero-order chi connectivity index (χ0) is 15.3. The van der Waals surface area contributed by atoms with E-state index < -0.39 is 11.7 Å². The molecule has 1 fully saturated rings. The third-order valence-corrected chi connectivity index (χ3v) is 4.10. The number of benzene rings is 1. The fourth-order valence-corrected chi connectivity index (χ4v) is 2.91. The summed E-state index contributed by atoms with van der Waals surface area (Å²) in [6.07, 6.45) is 1.65. The van der Waals surface area contributed by atoms with Gasteiger partial charge in [-0.15, -0.1) is 0 Å². The average Bonchev–Trinajstić information content (AvgIpc) is 2.45. The van der Waals surface area contributed by atoms with E-state index in [0.29, 0.717) is 17.6 Å². The molecule has 0 unspecified atom stereocenters. The highest BCUT2D eigenvalue weighted by molar-refractivity contribution is 9.10. The first-order chi connectivity index (χ1) is 9.97. The first-order valence-corrected chi connectivity index (χ1v) is 7.98. The van der Waals surface area contributed by atoms with E-state index in [0.717, 1.165) is 18.9 Å². The molecule has 0 bridgehead atoms. The highest BCUT2D eigenvalue weighted by Crippen LogP contribution is 2.36. The van der Waals surface area contributed by atoms with Crippen molar-refractivity contribution in [2.75, 3.05) is 18.5 Å². The van der Waals surface area contributed by atoms with E-state index in [-0.39, 0.29) is 11.8 Å². The fraction of sp³-hybridized carbons (Fsp3) is 0.600. The van der Waals surface area contributed by atoms with Crippen LogP contribution in [0.25, 0.3) is 0 Å². The molecule has 1 aliphatic rings. The number of ether oxygens (including phenoxy) is 1. The summed E-state index contributed by atoms with van der Waals surface area (Å²) in [5, 5.41) is 2.82. The molecule has 6 heteroatoms. The third-order valence-electron chi connectivity index (χ3n) is 3.61. The molecule has 0 atom stereocenters. The Kier molecular flexibility index (Phi) is 5.93. The number of alkyl halides is 3. The van der Waals surface area contributed by atoms with Crippen LogP contribution < -0.4 is 5.32 Å². The van der Waals surface area contributed by atoms with Crippen LogP contribution in [0.1, 0.15) is 37.7 Å². The largest absolute Gasteiger partial charge is 0.418 e. The highest BCUT2D eigenvalue weighted by atomic mass is 79.9. The van der Waals surface area contributed by atoms with E-state index >= 15 is 0 Å². The highest BCUT2D eigenvalue weighted by Gasteiger charge is 2.33. The third kappa shape index (κ3) is 5.18. The average molecular weight is 366 g/mol. The summed E-state index contributed by atoms with van der Waals surface area (Å²) in [4.78, 5) is 0. The minimum atomic E-state index is -4.36. The summed E-state index contributed by atoms with van der Waals surface area (Å²) >= 11 is 3.07. The Balaban J connectivity index is 1.85. The lowest BCUT2D eigenvalue weighted by Crippen LogP contribution is -2.21. The van der Waals surface area contributed by atoms with Crippen LogP contribution in [0.15, 0.2) is 22.7 Å². The van der Waals surface area contributed by atoms with Crippen molar-refractivity contribution in [1.29, 1.82) is 0 Å². The standard InChI is InChI=1S/C15H19BrF3NO/c16-11-6-7-14(13(10-11)15(17,18)19)20-8-9-21-12-4-2-1-3-5-12/h6-7,10,12,20H,1-5,8-9H2. The quantitative estimate of drug-likeness (QED) is 0.721. The van der Waals surface area contributed by atoms with Gasteiger partial charge in [0.2, 0.25) is 0 Å². The summed E-state index contributed by atoms with van der Waals surface area (Å²) in [5.41, 5.74) is -0.563. The molecule has 0 aromatic heterocycles. The Labute approximate surface area is 131 Å². The molecule has 1 aromatic rings. The molecule has 1 aliphatic carbocycles. The monoisotopic (exact) mass is 365 g/mol. The summed E-state index contributed by atoms with van der Waals surface area (Å²) < 4.78 is 44.9. The van der Waals surface area contributed by atoms with E-state index in [1.807, 2.05) is 0 Å². The normalized spacial score (nSPS) is 17.0. The maximum atomic E-state index is 12.9. The van der Waals surface area contributed by atoms with E-state index in [4.69, 9.17) is 4.74 Å². The molecule has 0 amide bonds. The molecule has 0 saturated heterocycles. The molecular weight excluding hydrogens is 347 g/mol. The molecule has 21 heavy (non-hydrogen) atoms. The molecule has 1 aromatic carbocycles. The van der Waals surface area contributed by atoms with Gasteiger partial charge in [0.15, 0.2) is 0 Å². The number of hydrogen-bond acceptors (Lipinski definition) is 2. The van der Waals surface area contributed by atoms with Crippen LogP contribution in [0.4, 0.5) is 18.9 Å². The van der Waals surface area contributed by atoms with E-state index in [1.165, 1.54) is 25.3 Å². The SMILES string of the molecule is FC(F)(F)c1cc(Br)ccc1NCCOC1CCCCC1. The van der Waals surface area contributed by atoms with Crippen molar-refractivity contribution in [1.82, 2.24) is 0 Å². The van der Waals surface area contributed by atoms with Crippen molar-refractivity contribution >= 4 is 21.6 Å². The number of rotatable bonds is 5. The summed E-state index contributed by atoms with van der Waals surface area (Å²) in [6.45, 7) is 0.805. The Bertz CT molecular complexity index is 459. The van der Waals surface area contributed by atoms with Crippen LogP contribution in [0, 0.1) is 0 Å². The van der Waals surface area contributed by atoms with Crippen molar-refractivity contribution in [2.45, 2.75) is 44.4 Å². The fourth-order valence-electron chi connectivity index (χ4n) is 2.55. The number of anilines is 1. The van der Waals surface area contributed by atoms with Gasteiger partial charge < -0.3 is 10.1 Å². The van der Waals surface area contributed by atoms with Crippen LogP contribution in [-0.4, -0.2) is 19.3 Å². The van der Waals surface area contributed by atoms with E-state index in [2.05, 4.69) is 21.2 Å². The molecule has 0 radical (unpaired) electrons. The van der Waals surface area contributed by atoms with Gasteiger partial charge in [-0.3, -0.25) is 0 Å². The van der Waals surface area contributed by atoms with Crippen molar-refractivity contribution in [2.24, 2.45) is 0 Å². The topological polar surface area (TPSA) is 21.3 Å². The Morgan fingerprint density at radius 3 is 2.57 bits per heavy atom. The molecular formula is C15H19BrF3NO. The zero-order valence-corrected chi connectivity index (χ0v) is 13.3. The maximum Gasteiger partial charge on any atom is 0.418 e. The molecule has 0 spiro atoms. The number of nitrogens with one attached hydrogen (secondary N) is 1. The smallest absolute Gasteiger partial charge is 0.382 e. The van der Waals surface area contributed by atoms with Gasteiger partial charge in [-0.1, -0.05) is 35.2 Å². The van der Waals surface area contributed by atoms with Gasteiger partial charge in [-0.05, 0) is 31.0 Å². The molecule has 2 nitrogen and oxygen atoms in total. The second kappa shape index (κ2) is 7.49. The minimum absolute atomic E-state index is 0.0953. The van der Waals surface area contributed by atoms with Gasteiger partial charge in [0.1, 0.15) is 0 Å². The zero-order valence-electron chi connectivity index (χ0n) is 11.7. The van der Waals surface area contributed by atoms with Gasteiger partial charge in [0, 0.05) is 16.7 Å². The van der Waals surface area contributed by atoms with Crippen molar-refractivity contribution in [3.05, 3.63) is 28.2 Å². The maximum absolute atomic E-state index is 12.9. The van der Waals surface area contributed by atoms with Crippen LogP contribution in [-0.2, 0) is 10.9 Å². The molecule has 1 N–H and O–H groups in total. The van der Waals surface area contributed by atoms with Crippen LogP contribution in [0.3, 0.4) is 0 Å². The second-order valence-corrected chi connectivity index (χ2v) is 6.16. The van der Waals surface area contributed by atoms with Crippen molar-refractivity contribution < 1.29 is 17.9 Å². The van der Waals surface area contributed by atoms with Gasteiger partial charge in [-0.2, -0.15) is 13.2 Å². The first kappa shape index (κ1) is 16.6.